The minimum absolute atomic E-state index is 0.0107. The second-order valence-corrected chi connectivity index (χ2v) is 10.7. The zero-order chi connectivity index (χ0) is 26.5. The minimum atomic E-state index is -1.24. The lowest BCUT2D eigenvalue weighted by Crippen LogP contribution is -2.61. The molecule has 2 aromatic rings. The molecule has 4 N–H and O–H groups in total. The molecule has 0 aromatic heterocycles. The smallest absolute Gasteiger partial charge is 0.217 e. The van der Waals surface area contributed by atoms with Crippen molar-refractivity contribution in [2.75, 3.05) is 19.8 Å². The molecule has 198 valence electrons. The van der Waals surface area contributed by atoms with Gasteiger partial charge in [-0.25, -0.2) is 8.78 Å². The van der Waals surface area contributed by atoms with Crippen LogP contribution in [0.1, 0.15) is 57.2 Å². The van der Waals surface area contributed by atoms with E-state index in [1.807, 2.05) is 12.1 Å². The summed E-state index contributed by atoms with van der Waals surface area (Å²) >= 11 is 0. The van der Waals surface area contributed by atoms with E-state index in [0.29, 0.717) is 31.6 Å². The number of benzene rings is 2. The first kappa shape index (κ1) is 28.2. The third kappa shape index (κ3) is 7.09. The molecule has 36 heavy (non-hydrogen) atoms. The van der Waals surface area contributed by atoms with Crippen LogP contribution in [0.3, 0.4) is 0 Å². The molecule has 3 rings (SSSR count). The Kier molecular flexibility index (Phi) is 9.22. The second kappa shape index (κ2) is 11.8. The maximum Gasteiger partial charge on any atom is 0.217 e. The monoisotopic (exact) mass is 504 g/mol. The number of rotatable bonds is 9. The predicted octanol–water partition coefficient (Wildman–Crippen LogP) is 3.33. The van der Waals surface area contributed by atoms with Crippen LogP contribution in [0.4, 0.5) is 8.78 Å². The molecule has 1 fully saturated rings. The van der Waals surface area contributed by atoms with Crippen LogP contribution in [-0.4, -0.2) is 54.1 Å². The lowest BCUT2D eigenvalue weighted by molar-refractivity contribution is -0.120. The zero-order valence-corrected chi connectivity index (χ0v) is 21.5. The highest BCUT2D eigenvalue weighted by Gasteiger charge is 2.40. The molecule has 0 saturated carbocycles. The van der Waals surface area contributed by atoms with E-state index >= 15 is 0 Å². The van der Waals surface area contributed by atoms with Gasteiger partial charge in [0.25, 0.3) is 0 Å². The second-order valence-electron chi connectivity index (χ2n) is 10.7. The third-order valence-corrected chi connectivity index (χ3v) is 6.88. The van der Waals surface area contributed by atoms with Gasteiger partial charge in [0.05, 0.1) is 24.8 Å². The molecule has 1 aliphatic rings. The molecule has 3 atom stereocenters. The molecular formula is C28H38F2N2O4. The van der Waals surface area contributed by atoms with E-state index < -0.39 is 47.9 Å². The number of aliphatic hydroxyl groups excluding tert-OH is 2. The van der Waals surface area contributed by atoms with Crippen LogP contribution in [-0.2, 0) is 26.9 Å². The van der Waals surface area contributed by atoms with Gasteiger partial charge in [0.1, 0.15) is 11.6 Å². The van der Waals surface area contributed by atoms with Gasteiger partial charge in [-0.1, -0.05) is 45.0 Å². The number of hydrogen-bond donors (Lipinski definition) is 4. The highest BCUT2D eigenvalue weighted by Crippen LogP contribution is 2.35. The van der Waals surface area contributed by atoms with Gasteiger partial charge in [-0.3, -0.25) is 10.1 Å². The molecule has 0 radical (unpaired) electrons. The fraction of sp³-hybridized carbons (Fsp3) is 0.536. The Bertz CT molecular complexity index is 1010. The zero-order valence-electron chi connectivity index (χ0n) is 21.5. The van der Waals surface area contributed by atoms with Gasteiger partial charge in [-0.05, 0) is 53.5 Å². The molecule has 0 spiro atoms. The summed E-state index contributed by atoms with van der Waals surface area (Å²) < 4.78 is 33.2. The summed E-state index contributed by atoms with van der Waals surface area (Å²) in [5.41, 5.74) is 1.86. The van der Waals surface area contributed by atoms with Crippen molar-refractivity contribution < 1.29 is 28.5 Å². The number of carbonyl (C=O) groups excluding carboxylic acids is 1. The summed E-state index contributed by atoms with van der Waals surface area (Å²) in [5.74, 6) is -1.87. The first-order chi connectivity index (χ1) is 16.9. The number of halogens is 2. The fourth-order valence-electron chi connectivity index (χ4n) is 4.89. The topological polar surface area (TPSA) is 90.8 Å². The Morgan fingerprint density at radius 1 is 1.08 bits per heavy atom. The van der Waals surface area contributed by atoms with Gasteiger partial charge in [-0.15, -0.1) is 0 Å². The molecule has 8 heteroatoms. The Balaban J connectivity index is 1.92. The molecule has 2 aromatic carbocycles. The molecule has 0 bridgehead atoms. The van der Waals surface area contributed by atoms with Crippen molar-refractivity contribution in [2.45, 2.75) is 76.1 Å². The van der Waals surface area contributed by atoms with Crippen molar-refractivity contribution in [1.82, 2.24) is 10.6 Å². The Morgan fingerprint density at radius 2 is 1.72 bits per heavy atom. The first-order valence-electron chi connectivity index (χ1n) is 12.4. The number of amides is 1. The summed E-state index contributed by atoms with van der Waals surface area (Å²) in [6.07, 6.45) is 0.00666. The van der Waals surface area contributed by atoms with E-state index in [9.17, 15) is 23.8 Å². The van der Waals surface area contributed by atoms with Gasteiger partial charge in [-0.2, -0.15) is 0 Å². The Hall–Kier alpha value is -2.39. The lowest BCUT2D eigenvalue weighted by Gasteiger charge is -2.43. The average molecular weight is 505 g/mol. The molecule has 3 unspecified atom stereocenters. The molecule has 0 aliphatic carbocycles. The lowest BCUT2D eigenvalue weighted by atomic mass is 9.78. The average Bonchev–Trinajstić information content (AvgIpc) is 2.81. The summed E-state index contributed by atoms with van der Waals surface area (Å²) in [7, 11) is 0. The van der Waals surface area contributed by atoms with Crippen molar-refractivity contribution in [3.05, 3.63) is 70.8 Å². The maximum atomic E-state index is 13.8. The van der Waals surface area contributed by atoms with Crippen molar-refractivity contribution >= 4 is 5.91 Å². The molecule has 1 aliphatic heterocycles. The van der Waals surface area contributed by atoms with Gasteiger partial charge in [0, 0.05) is 31.7 Å². The van der Waals surface area contributed by atoms with Gasteiger partial charge < -0.3 is 20.3 Å². The molecule has 6 nitrogen and oxygen atoms in total. The number of nitrogens with one attached hydrogen (secondary N) is 2. The van der Waals surface area contributed by atoms with Crippen LogP contribution < -0.4 is 10.6 Å². The van der Waals surface area contributed by atoms with E-state index in [0.717, 1.165) is 17.2 Å². The third-order valence-electron chi connectivity index (χ3n) is 6.88. The van der Waals surface area contributed by atoms with Crippen LogP contribution in [0.2, 0.25) is 0 Å². The van der Waals surface area contributed by atoms with Gasteiger partial charge >= 0.3 is 0 Å². The van der Waals surface area contributed by atoms with E-state index in [1.165, 1.54) is 19.1 Å². The number of carbonyl (C=O) groups is 1. The highest BCUT2D eigenvalue weighted by molar-refractivity contribution is 5.73. The van der Waals surface area contributed by atoms with E-state index in [1.54, 1.807) is 0 Å². The standard InChI is InChI=1S/C28H38F2N2O4/c1-18(34)31-24(14-19-12-22(29)16-23(30)13-19)26(35)25(17-33)32-28(8-10-36-11-9-28)21-7-5-6-20(15-21)27(2,3)4/h5-7,12-13,15-16,24-26,32-33,35H,8-11,14,17H2,1-4H3,(H,31,34). The normalized spacial score (nSPS) is 18.3. The predicted molar refractivity (Wildman–Crippen MR) is 135 cm³/mol. The molecule has 1 amide bonds. The van der Waals surface area contributed by atoms with Crippen LogP contribution in [0.25, 0.3) is 0 Å². The first-order valence-corrected chi connectivity index (χ1v) is 12.4. The van der Waals surface area contributed by atoms with E-state index in [2.05, 4.69) is 43.5 Å². The van der Waals surface area contributed by atoms with Crippen LogP contribution >= 0.6 is 0 Å². The molecular weight excluding hydrogens is 466 g/mol. The fourth-order valence-corrected chi connectivity index (χ4v) is 4.89. The van der Waals surface area contributed by atoms with Crippen LogP contribution in [0.15, 0.2) is 42.5 Å². The van der Waals surface area contributed by atoms with Crippen molar-refractivity contribution in [2.24, 2.45) is 0 Å². The largest absolute Gasteiger partial charge is 0.395 e. The number of hydrogen-bond acceptors (Lipinski definition) is 5. The van der Waals surface area contributed by atoms with Crippen LogP contribution in [0.5, 0.6) is 0 Å². The summed E-state index contributed by atoms with van der Waals surface area (Å²) in [6.45, 7) is 8.36. The SMILES string of the molecule is CC(=O)NC(Cc1cc(F)cc(F)c1)C(O)C(CO)NC1(c2cccc(C(C)(C)C)c2)CCOCC1. The Morgan fingerprint density at radius 3 is 2.28 bits per heavy atom. The Labute approximate surface area is 212 Å². The van der Waals surface area contributed by atoms with E-state index in [-0.39, 0.29) is 11.8 Å². The number of aliphatic hydroxyl groups is 2. The summed E-state index contributed by atoms with van der Waals surface area (Å²) in [4.78, 5) is 11.9. The quantitative estimate of drug-likeness (QED) is 0.421. The van der Waals surface area contributed by atoms with Gasteiger partial charge in [0.2, 0.25) is 5.91 Å². The highest BCUT2D eigenvalue weighted by atomic mass is 19.1. The molecule has 1 saturated heterocycles. The van der Waals surface area contributed by atoms with Crippen molar-refractivity contribution in [3.63, 3.8) is 0 Å². The van der Waals surface area contributed by atoms with E-state index in [4.69, 9.17) is 4.74 Å². The number of ether oxygens (including phenoxy) is 1. The van der Waals surface area contributed by atoms with Crippen molar-refractivity contribution in [1.29, 1.82) is 0 Å². The summed E-state index contributed by atoms with van der Waals surface area (Å²) in [5, 5.41) is 27.8. The maximum absolute atomic E-state index is 13.8. The minimum Gasteiger partial charge on any atom is -0.395 e. The van der Waals surface area contributed by atoms with Crippen LogP contribution in [0, 0.1) is 11.6 Å². The van der Waals surface area contributed by atoms with Gasteiger partial charge in [0.15, 0.2) is 0 Å². The molecule has 1 heterocycles. The summed E-state index contributed by atoms with van der Waals surface area (Å²) in [6, 6.07) is 9.69. The van der Waals surface area contributed by atoms with Crippen molar-refractivity contribution in [3.8, 4) is 0 Å².